The monoisotopic (exact) mass is 998 g/mol. The molecule has 350 valence electrons. The molecule has 68 heavy (non-hydrogen) atoms. The zero-order valence-corrected chi connectivity index (χ0v) is 38.8. The predicted octanol–water partition coefficient (Wildman–Crippen LogP) is 10.6. The lowest BCUT2D eigenvalue weighted by Crippen LogP contribution is -2.41. The number of amides is 2. The van der Waals surface area contributed by atoms with E-state index < -0.39 is 53.6 Å². The minimum absolute atomic E-state index is 0.0717. The normalized spacial score (nSPS) is 13.7. The highest BCUT2D eigenvalue weighted by molar-refractivity contribution is 9.10. The third kappa shape index (κ3) is 12.8. The van der Waals surface area contributed by atoms with E-state index in [9.17, 15) is 35.9 Å². The number of hydrogen-bond donors (Lipinski definition) is 4. The van der Waals surface area contributed by atoms with Crippen molar-refractivity contribution in [2.45, 2.75) is 65.1 Å². The molecule has 0 atom stereocenters. The van der Waals surface area contributed by atoms with Crippen molar-refractivity contribution < 1.29 is 45.2 Å². The summed E-state index contributed by atoms with van der Waals surface area (Å²) < 4.78 is 90.2. The fourth-order valence-electron chi connectivity index (χ4n) is 6.28. The van der Waals surface area contributed by atoms with E-state index in [1.807, 2.05) is 59.7 Å². The van der Waals surface area contributed by atoms with Gasteiger partial charge in [0.1, 0.15) is 23.8 Å². The number of aryl methyl sites for hydroxylation is 2. The quantitative estimate of drug-likeness (QED) is 0.0919. The van der Waals surface area contributed by atoms with E-state index in [4.69, 9.17) is 31.3 Å². The van der Waals surface area contributed by atoms with Crippen LogP contribution in [0.15, 0.2) is 114 Å². The number of alkyl halides is 6. The molecule has 1 aliphatic rings. The van der Waals surface area contributed by atoms with Gasteiger partial charge < -0.3 is 31.4 Å². The van der Waals surface area contributed by atoms with Crippen molar-refractivity contribution in [1.82, 2.24) is 9.97 Å². The van der Waals surface area contributed by atoms with Crippen LogP contribution >= 0.6 is 15.9 Å². The van der Waals surface area contributed by atoms with E-state index >= 15 is 0 Å². The van der Waals surface area contributed by atoms with Gasteiger partial charge in [-0.15, -0.1) is 0 Å². The molecule has 6 N–H and O–H groups in total. The Hall–Kier alpha value is -7.26. The van der Waals surface area contributed by atoms with Crippen LogP contribution in [0.5, 0.6) is 0 Å². The number of benzene rings is 4. The molecule has 0 unspecified atom stereocenters. The third-order valence-electron chi connectivity index (χ3n) is 10.8. The van der Waals surface area contributed by atoms with Gasteiger partial charge in [-0.2, -0.15) is 36.9 Å². The number of carbonyl (C=O) groups excluding carboxylic acids is 2. The molecule has 0 saturated carbocycles. The molecular formula is C48H42BBrF6N8O4. The summed E-state index contributed by atoms with van der Waals surface area (Å²) >= 11 is 3.17. The number of nitrogen functional groups attached to an aromatic ring is 2. The predicted molar refractivity (Wildman–Crippen MR) is 250 cm³/mol. The second-order valence-corrected chi connectivity index (χ2v) is 17.1. The van der Waals surface area contributed by atoms with Crippen molar-refractivity contribution in [3.8, 4) is 23.3 Å². The van der Waals surface area contributed by atoms with Gasteiger partial charge in [0, 0.05) is 44.9 Å². The summed E-state index contributed by atoms with van der Waals surface area (Å²) in [5.41, 5.74) is 13.3. The standard InChI is InChI=1S/C21H23BF3NO3.C21H15F3N4O.C6H4BrN3/c1-13-9-10-16(12-17(13)22-28-19(2,3)20(4,5)29-22)26-18(27)14-7-6-8-15(11-14)21(23,24)25;1-12-5-6-17(9-18(12)15-7-14(10-25)19(26)27-11-15)28-20(29)13-3-2-4-16(8-13)21(22,23)24;7-5-1-4(2-8)6(9)10-3-5/h6-12H,1-5H3,(H,26,27);2-9,11H,1H3,(H2,26,27)(H,28,29);1,3H,(H2,9,10). The number of halogens is 7. The van der Waals surface area contributed by atoms with Crippen molar-refractivity contribution in [3.63, 3.8) is 0 Å². The van der Waals surface area contributed by atoms with E-state index in [1.54, 1.807) is 48.7 Å². The molecule has 3 heterocycles. The summed E-state index contributed by atoms with van der Waals surface area (Å²) in [6.45, 7) is 11.5. The van der Waals surface area contributed by atoms with Crippen LogP contribution in [0.3, 0.4) is 0 Å². The van der Waals surface area contributed by atoms with Gasteiger partial charge in [0.05, 0.1) is 33.5 Å². The summed E-state index contributed by atoms with van der Waals surface area (Å²) in [7, 11) is -0.606. The molecule has 1 fully saturated rings. The molecule has 2 amide bonds. The molecule has 12 nitrogen and oxygen atoms in total. The first-order valence-corrected chi connectivity index (χ1v) is 21.0. The van der Waals surface area contributed by atoms with Crippen molar-refractivity contribution in [2.75, 3.05) is 22.1 Å². The highest BCUT2D eigenvalue weighted by Gasteiger charge is 2.52. The van der Waals surface area contributed by atoms with E-state index in [2.05, 4.69) is 36.5 Å². The van der Waals surface area contributed by atoms with Crippen LogP contribution < -0.4 is 27.6 Å². The molecular weight excluding hydrogens is 957 g/mol. The maximum Gasteiger partial charge on any atom is 0.495 e. The second kappa shape index (κ2) is 20.7. The summed E-state index contributed by atoms with van der Waals surface area (Å²) in [6, 6.07) is 25.9. The number of rotatable bonds is 6. The van der Waals surface area contributed by atoms with Gasteiger partial charge in [-0.05, 0) is 147 Å². The smallest absolute Gasteiger partial charge is 0.399 e. The number of nitriles is 2. The van der Waals surface area contributed by atoms with Crippen LogP contribution in [0.1, 0.15) is 81.8 Å². The lowest BCUT2D eigenvalue weighted by atomic mass is 9.76. The first-order chi connectivity index (χ1) is 31.7. The zero-order chi connectivity index (χ0) is 50.4. The highest BCUT2D eigenvalue weighted by Crippen LogP contribution is 2.37. The fraction of sp³-hybridized carbons (Fsp3) is 0.208. The molecule has 0 aliphatic carbocycles. The molecule has 7 rings (SSSR count). The Kier molecular flexibility index (Phi) is 15.8. The van der Waals surface area contributed by atoms with Crippen molar-refractivity contribution in [3.05, 3.63) is 158 Å². The summed E-state index contributed by atoms with van der Waals surface area (Å²) in [6.07, 6.45) is -5.98. The topological polar surface area (TPSA) is 202 Å². The van der Waals surface area contributed by atoms with Crippen LogP contribution in [0.4, 0.5) is 49.4 Å². The number of nitrogens with one attached hydrogen (secondary N) is 2. The second-order valence-electron chi connectivity index (χ2n) is 16.2. The molecule has 2 aromatic heterocycles. The van der Waals surface area contributed by atoms with Crippen LogP contribution in [-0.4, -0.2) is 40.1 Å². The zero-order valence-electron chi connectivity index (χ0n) is 37.2. The summed E-state index contributed by atoms with van der Waals surface area (Å²) in [4.78, 5) is 32.7. The van der Waals surface area contributed by atoms with Gasteiger partial charge in [0.15, 0.2) is 0 Å². The Morgan fingerprint density at radius 2 is 1.12 bits per heavy atom. The number of aromatic nitrogens is 2. The number of anilines is 4. The highest BCUT2D eigenvalue weighted by atomic mass is 79.9. The average molecular weight is 1000 g/mol. The van der Waals surface area contributed by atoms with Gasteiger partial charge in [-0.1, -0.05) is 29.8 Å². The number of hydrogen-bond acceptors (Lipinski definition) is 10. The lowest BCUT2D eigenvalue weighted by molar-refractivity contribution is -0.138. The molecule has 0 bridgehead atoms. The van der Waals surface area contributed by atoms with E-state index in [0.717, 1.165) is 45.3 Å². The van der Waals surface area contributed by atoms with Crippen LogP contribution in [0, 0.1) is 36.5 Å². The summed E-state index contributed by atoms with van der Waals surface area (Å²) in [5, 5.41) is 22.8. The molecule has 1 aliphatic heterocycles. The Morgan fingerprint density at radius 3 is 1.59 bits per heavy atom. The van der Waals surface area contributed by atoms with Crippen LogP contribution in [0.25, 0.3) is 11.1 Å². The number of nitrogens with zero attached hydrogens (tertiary/aromatic N) is 4. The molecule has 4 aromatic carbocycles. The fourth-order valence-corrected chi connectivity index (χ4v) is 6.62. The molecule has 0 spiro atoms. The maximum atomic E-state index is 12.9. The number of nitrogens with two attached hydrogens (primary N) is 2. The van der Waals surface area contributed by atoms with Crippen LogP contribution in [0.2, 0.25) is 0 Å². The van der Waals surface area contributed by atoms with Crippen molar-refractivity contribution in [2.24, 2.45) is 0 Å². The van der Waals surface area contributed by atoms with Crippen molar-refractivity contribution >= 4 is 63.3 Å². The Labute approximate surface area is 396 Å². The lowest BCUT2D eigenvalue weighted by Gasteiger charge is -2.32. The maximum absolute atomic E-state index is 12.9. The third-order valence-corrected chi connectivity index (χ3v) is 11.2. The largest absolute Gasteiger partial charge is 0.495 e. The van der Waals surface area contributed by atoms with Crippen molar-refractivity contribution in [1.29, 1.82) is 10.5 Å². The van der Waals surface area contributed by atoms with E-state index in [-0.39, 0.29) is 28.3 Å². The van der Waals surface area contributed by atoms with Gasteiger partial charge in [-0.3, -0.25) is 9.59 Å². The number of carbonyl (C=O) groups is 2. The van der Waals surface area contributed by atoms with Gasteiger partial charge >= 0.3 is 19.5 Å². The SMILES string of the molecule is Cc1ccc(NC(=O)c2cccc(C(F)(F)F)c2)cc1-c1cnc(N)c(C#N)c1.Cc1ccc(NC(=O)c2cccc(C(F)(F)F)c2)cc1B1OC(C)(C)C(C)(C)O1.N#Cc1cc(Br)cnc1N. The van der Waals surface area contributed by atoms with Gasteiger partial charge in [-0.25, -0.2) is 9.97 Å². The van der Waals surface area contributed by atoms with E-state index in [1.165, 1.54) is 30.5 Å². The Bertz CT molecular complexity index is 2940. The van der Waals surface area contributed by atoms with Crippen LogP contribution in [-0.2, 0) is 21.7 Å². The van der Waals surface area contributed by atoms with Gasteiger partial charge in [0.25, 0.3) is 11.8 Å². The first-order valence-electron chi connectivity index (χ1n) is 20.2. The van der Waals surface area contributed by atoms with Gasteiger partial charge in [0.2, 0.25) is 0 Å². The minimum Gasteiger partial charge on any atom is -0.399 e. The van der Waals surface area contributed by atoms with E-state index in [0.29, 0.717) is 28.1 Å². The molecule has 0 radical (unpaired) electrons. The Balaban J connectivity index is 0.000000211. The Morgan fingerprint density at radius 1 is 0.662 bits per heavy atom. The molecule has 1 saturated heterocycles. The minimum atomic E-state index is -4.53. The molecule has 6 aromatic rings. The number of pyridine rings is 2. The molecule has 20 heteroatoms. The first kappa shape index (κ1) is 51.7. The summed E-state index contributed by atoms with van der Waals surface area (Å²) in [5.74, 6) is -0.910. The average Bonchev–Trinajstić information content (AvgIpc) is 3.51.